The van der Waals surface area contributed by atoms with Crippen LogP contribution >= 0.6 is 23.2 Å². The van der Waals surface area contributed by atoms with E-state index in [0.717, 1.165) is 27.4 Å². The van der Waals surface area contributed by atoms with Gasteiger partial charge >= 0.3 is 0 Å². The topological polar surface area (TPSA) is 12.9 Å². The summed E-state index contributed by atoms with van der Waals surface area (Å²) in [6, 6.07) is 10.0. The Bertz CT molecular complexity index is 535. The molecule has 3 heteroatoms. The zero-order chi connectivity index (χ0) is 13.1. The maximum Gasteiger partial charge on any atom is 0.0655 e. The van der Waals surface area contributed by atoms with E-state index in [0.29, 0.717) is 6.42 Å². The molecule has 1 nitrogen and oxygen atoms in total. The van der Waals surface area contributed by atoms with Crippen molar-refractivity contribution in [2.24, 2.45) is 0 Å². The normalized spacial score (nSPS) is 12.4. The van der Waals surface area contributed by atoms with Crippen LogP contribution in [-0.2, 0) is 6.42 Å². The van der Waals surface area contributed by atoms with Crippen LogP contribution in [0.2, 0.25) is 5.02 Å². The van der Waals surface area contributed by atoms with Crippen molar-refractivity contribution in [3.63, 3.8) is 0 Å². The zero-order valence-corrected chi connectivity index (χ0v) is 12.0. The van der Waals surface area contributed by atoms with E-state index in [-0.39, 0.29) is 5.38 Å². The number of halogens is 2. The summed E-state index contributed by atoms with van der Waals surface area (Å²) in [4.78, 5) is 4.36. The first-order valence-corrected chi connectivity index (χ1v) is 6.69. The first kappa shape index (κ1) is 13.4. The molecule has 0 saturated carbocycles. The molecule has 0 spiro atoms. The molecular weight excluding hydrogens is 265 g/mol. The summed E-state index contributed by atoms with van der Waals surface area (Å²) in [6.07, 6.45) is 2.54. The second kappa shape index (κ2) is 5.73. The fourth-order valence-electron chi connectivity index (χ4n) is 1.80. The minimum absolute atomic E-state index is 0.145. The van der Waals surface area contributed by atoms with Gasteiger partial charge in [0.15, 0.2) is 0 Å². The second-order valence-corrected chi connectivity index (χ2v) is 5.46. The molecule has 0 fully saturated rings. The molecule has 2 aromatic rings. The number of aromatic nitrogens is 1. The molecule has 0 N–H and O–H groups in total. The summed E-state index contributed by atoms with van der Waals surface area (Å²) in [5.41, 5.74) is 4.24. The van der Waals surface area contributed by atoms with Gasteiger partial charge in [0.1, 0.15) is 0 Å². The number of benzene rings is 1. The first-order valence-electron chi connectivity index (χ1n) is 5.88. The number of aryl methyl sites for hydroxylation is 2. The van der Waals surface area contributed by atoms with E-state index in [1.807, 2.05) is 50.4 Å². The van der Waals surface area contributed by atoms with E-state index >= 15 is 0 Å². The number of alkyl halides is 1. The van der Waals surface area contributed by atoms with E-state index in [4.69, 9.17) is 23.2 Å². The monoisotopic (exact) mass is 279 g/mol. The SMILES string of the molecule is Cc1ccc(CC(Cl)c2ccc(C)cc2Cl)nc1. The molecule has 1 heterocycles. The Balaban J connectivity index is 2.16. The smallest absolute Gasteiger partial charge is 0.0655 e. The molecule has 94 valence electrons. The van der Waals surface area contributed by atoms with Gasteiger partial charge in [0, 0.05) is 23.3 Å². The number of pyridine rings is 1. The van der Waals surface area contributed by atoms with Crippen LogP contribution in [0.4, 0.5) is 0 Å². The van der Waals surface area contributed by atoms with Crippen LogP contribution in [0.25, 0.3) is 0 Å². The largest absolute Gasteiger partial charge is 0.261 e. The summed E-state index contributed by atoms with van der Waals surface area (Å²) in [6.45, 7) is 4.03. The van der Waals surface area contributed by atoms with Gasteiger partial charge in [-0.2, -0.15) is 0 Å². The lowest BCUT2D eigenvalue weighted by atomic mass is 10.1. The Morgan fingerprint density at radius 1 is 1.11 bits per heavy atom. The third-order valence-electron chi connectivity index (χ3n) is 2.85. The highest BCUT2D eigenvalue weighted by atomic mass is 35.5. The maximum absolute atomic E-state index is 6.41. The van der Waals surface area contributed by atoms with E-state index in [1.165, 1.54) is 0 Å². The standard InChI is InChI=1S/C15H15Cl2N/c1-10-4-6-13(14(16)7-10)15(17)8-12-5-3-11(2)9-18-12/h3-7,9,15H,8H2,1-2H3. The van der Waals surface area contributed by atoms with Gasteiger partial charge in [0.25, 0.3) is 0 Å². The molecule has 2 rings (SSSR count). The summed E-state index contributed by atoms with van der Waals surface area (Å²) in [7, 11) is 0. The molecule has 0 bridgehead atoms. The Morgan fingerprint density at radius 3 is 2.44 bits per heavy atom. The molecule has 0 saturated heterocycles. The van der Waals surface area contributed by atoms with Crippen LogP contribution in [0.3, 0.4) is 0 Å². The minimum Gasteiger partial charge on any atom is -0.261 e. The van der Waals surface area contributed by atoms with Crippen LogP contribution in [0.5, 0.6) is 0 Å². The summed E-state index contributed by atoms with van der Waals surface area (Å²) < 4.78 is 0. The van der Waals surface area contributed by atoms with E-state index < -0.39 is 0 Å². The van der Waals surface area contributed by atoms with Gasteiger partial charge in [-0.1, -0.05) is 29.8 Å². The first-order chi connectivity index (χ1) is 8.56. The predicted octanol–water partition coefficient (Wildman–Crippen LogP) is 4.87. The van der Waals surface area contributed by atoms with Crippen LogP contribution in [-0.4, -0.2) is 4.98 Å². The molecule has 1 aromatic heterocycles. The quantitative estimate of drug-likeness (QED) is 0.730. The molecule has 1 aromatic carbocycles. The average Bonchev–Trinajstić information content (AvgIpc) is 2.32. The minimum atomic E-state index is -0.145. The van der Waals surface area contributed by atoms with Crippen LogP contribution in [0.15, 0.2) is 36.5 Å². The highest BCUT2D eigenvalue weighted by Crippen LogP contribution is 2.30. The lowest BCUT2D eigenvalue weighted by molar-refractivity contribution is 0.878. The van der Waals surface area contributed by atoms with Gasteiger partial charge in [-0.15, -0.1) is 11.6 Å². The van der Waals surface area contributed by atoms with Crippen molar-refractivity contribution in [3.05, 3.63) is 63.9 Å². The Labute approximate surface area is 118 Å². The van der Waals surface area contributed by atoms with Gasteiger partial charge in [0.2, 0.25) is 0 Å². The van der Waals surface area contributed by atoms with Crippen molar-refractivity contribution >= 4 is 23.2 Å². The molecule has 1 atom stereocenters. The van der Waals surface area contributed by atoms with Crippen LogP contribution in [0, 0.1) is 13.8 Å². The van der Waals surface area contributed by atoms with Crippen molar-refractivity contribution < 1.29 is 0 Å². The molecule has 1 unspecified atom stereocenters. The molecule has 0 aliphatic rings. The third-order valence-corrected chi connectivity index (χ3v) is 3.57. The van der Waals surface area contributed by atoms with Crippen molar-refractivity contribution in [3.8, 4) is 0 Å². The maximum atomic E-state index is 6.41. The van der Waals surface area contributed by atoms with Crippen molar-refractivity contribution in [2.75, 3.05) is 0 Å². The highest BCUT2D eigenvalue weighted by molar-refractivity contribution is 6.32. The molecule has 18 heavy (non-hydrogen) atoms. The number of hydrogen-bond donors (Lipinski definition) is 0. The van der Waals surface area contributed by atoms with Gasteiger partial charge in [-0.25, -0.2) is 0 Å². The van der Waals surface area contributed by atoms with Crippen molar-refractivity contribution in [2.45, 2.75) is 25.6 Å². The van der Waals surface area contributed by atoms with Crippen molar-refractivity contribution in [1.82, 2.24) is 4.98 Å². The van der Waals surface area contributed by atoms with Gasteiger partial charge in [-0.05, 0) is 42.7 Å². The summed E-state index contributed by atoms with van der Waals surface area (Å²) in [5.74, 6) is 0. The van der Waals surface area contributed by atoms with E-state index in [1.54, 1.807) is 0 Å². The Morgan fingerprint density at radius 2 is 1.83 bits per heavy atom. The van der Waals surface area contributed by atoms with Crippen molar-refractivity contribution in [1.29, 1.82) is 0 Å². The Kier molecular flexibility index (Phi) is 4.26. The highest BCUT2D eigenvalue weighted by Gasteiger charge is 2.13. The van der Waals surface area contributed by atoms with Crippen LogP contribution in [0.1, 0.15) is 27.8 Å². The summed E-state index contributed by atoms with van der Waals surface area (Å²) in [5, 5.41) is 0.579. The zero-order valence-electron chi connectivity index (χ0n) is 10.5. The van der Waals surface area contributed by atoms with Gasteiger partial charge < -0.3 is 0 Å². The van der Waals surface area contributed by atoms with Crippen LogP contribution < -0.4 is 0 Å². The average molecular weight is 280 g/mol. The third kappa shape index (κ3) is 3.24. The fourth-order valence-corrected chi connectivity index (χ4v) is 2.57. The number of nitrogens with zero attached hydrogens (tertiary/aromatic N) is 1. The molecule has 0 amide bonds. The molecule has 0 aliphatic carbocycles. The molecule has 0 radical (unpaired) electrons. The number of hydrogen-bond acceptors (Lipinski definition) is 1. The van der Waals surface area contributed by atoms with Gasteiger partial charge in [-0.3, -0.25) is 4.98 Å². The molecule has 0 aliphatic heterocycles. The Hall–Kier alpha value is -1.05. The van der Waals surface area contributed by atoms with E-state index in [9.17, 15) is 0 Å². The van der Waals surface area contributed by atoms with Gasteiger partial charge in [0.05, 0.1) is 5.38 Å². The fraction of sp³-hybridized carbons (Fsp3) is 0.267. The second-order valence-electron chi connectivity index (χ2n) is 4.52. The molecular formula is C15H15Cl2N. The number of rotatable bonds is 3. The predicted molar refractivity (Wildman–Crippen MR) is 77.5 cm³/mol. The van der Waals surface area contributed by atoms with E-state index in [2.05, 4.69) is 4.98 Å². The lowest BCUT2D eigenvalue weighted by Gasteiger charge is -2.12. The lowest BCUT2D eigenvalue weighted by Crippen LogP contribution is -1.99. The summed E-state index contributed by atoms with van der Waals surface area (Å²) >= 11 is 12.6.